The first-order chi connectivity index (χ1) is 9.19. The van der Waals surface area contributed by atoms with Gasteiger partial charge in [0.2, 0.25) is 0 Å². The van der Waals surface area contributed by atoms with Crippen molar-refractivity contribution in [1.29, 1.82) is 0 Å². The van der Waals surface area contributed by atoms with Crippen molar-refractivity contribution in [2.45, 2.75) is 6.61 Å². The average molecular weight is 317 g/mol. The lowest BCUT2D eigenvalue weighted by molar-refractivity contribution is 0.306. The summed E-state index contributed by atoms with van der Waals surface area (Å²) in [5.41, 5.74) is 4.21. The third-order valence-corrected chi connectivity index (χ3v) is 3.78. The predicted octanol–water partition coefficient (Wildman–Crippen LogP) is 4.41. The topological polar surface area (TPSA) is 18.5 Å². The van der Waals surface area contributed by atoms with Gasteiger partial charge >= 0.3 is 0 Å². The minimum atomic E-state index is 0.528. The summed E-state index contributed by atoms with van der Waals surface area (Å²) >= 11 is 3.49. The van der Waals surface area contributed by atoms with Crippen molar-refractivity contribution in [3.8, 4) is 11.5 Å². The van der Waals surface area contributed by atoms with Crippen LogP contribution in [-0.2, 0) is 6.61 Å². The van der Waals surface area contributed by atoms with Gasteiger partial charge in [-0.3, -0.25) is 0 Å². The van der Waals surface area contributed by atoms with Gasteiger partial charge < -0.3 is 9.47 Å². The second-order valence-corrected chi connectivity index (χ2v) is 5.35. The molecule has 0 atom stereocenters. The summed E-state index contributed by atoms with van der Waals surface area (Å²) in [5, 5.41) is 0. The molecular weight excluding hydrogens is 304 g/mol. The van der Waals surface area contributed by atoms with Crippen molar-refractivity contribution in [3.05, 3.63) is 64.1 Å². The van der Waals surface area contributed by atoms with Crippen LogP contribution >= 0.6 is 15.9 Å². The lowest BCUT2D eigenvalue weighted by Crippen LogP contribution is -1.96. The van der Waals surface area contributed by atoms with Crippen molar-refractivity contribution in [3.63, 3.8) is 0 Å². The summed E-state index contributed by atoms with van der Waals surface area (Å²) in [6.07, 6.45) is 0. The summed E-state index contributed by atoms with van der Waals surface area (Å²) in [7, 11) is 1.67. The molecule has 0 unspecified atom stereocenters. The number of methoxy groups -OCH3 is 1. The SMILES string of the molecule is C=C1c2ccc(OC)cc2COc2ccc(Br)cc21. The molecule has 1 aliphatic rings. The van der Waals surface area contributed by atoms with E-state index in [1.807, 2.05) is 36.4 Å². The Labute approximate surface area is 120 Å². The molecule has 2 nitrogen and oxygen atoms in total. The number of fused-ring (bicyclic) bond motifs is 2. The highest BCUT2D eigenvalue weighted by Crippen LogP contribution is 2.38. The second kappa shape index (κ2) is 4.74. The van der Waals surface area contributed by atoms with Crippen LogP contribution in [-0.4, -0.2) is 7.11 Å². The van der Waals surface area contributed by atoms with Crippen LogP contribution in [0.15, 0.2) is 47.4 Å². The maximum atomic E-state index is 5.86. The molecule has 2 aromatic rings. The van der Waals surface area contributed by atoms with Gasteiger partial charge in [0.15, 0.2) is 0 Å². The second-order valence-electron chi connectivity index (χ2n) is 4.43. The molecule has 3 rings (SSSR count). The number of halogens is 1. The van der Waals surface area contributed by atoms with Crippen LogP contribution < -0.4 is 9.47 Å². The third-order valence-electron chi connectivity index (χ3n) is 3.29. The van der Waals surface area contributed by atoms with Gasteiger partial charge in [-0.1, -0.05) is 28.6 Å². The first-order valence-electron chi connectivity index (χ1n) is 5.98. The van der Waals surface area contributed by atoms with Gasteiger partial charge in [0.25, 0.3) is 0 Å². The molecule has 0 spiro atoms. The lowest BCUT2D eigenvalue weighted by Gasteiger charge is -2.09. The molecule has 0 bridgehead atoms. The standard InChI is InChI=1S/C16H13BrO2/c1-10-14-5-4-13(18-2)7-11(14)9-19-16-6-3-12(17)8-15(10)16/h3-8H,1,9H2,2H3. The molecule has 0 aliphatic carbocycles. The average Bonchev–Trinajstić information content (AvgIpc) is 2.57. The summed E-state index contributed by atoms with van der Waals surface area (Å²) in [6, 6.07) is 12.0. The first kappa shape index (κ1) is 12.3. The first-order valence-corrected chi connectivity index (χ1v) is 6.77. The Balaban J connectivity index is 2.15. The number of hydrogen-bond acceptors (Lipinski definition) is 2. The van der Waals surface area contributed by atoms with E-state index in [0.29, 0.717) is 6.61 Å². The smallest absolute Gasteiger partial charge is 0.127 e. The van der Waals surface area contributed by atoms with Gasteiger partial charge in [0.05, 0.1) is 7.11 Å². The van der Waals surface area contributed by atoms with E-state index < -0.39 is 0 Å². The Morgan fingerprint density at radius 1 is 1.16 bits per heavy atom. The van der Waals surface area contributed by atoms with Crippen LogP contribution in [0.5, 0.6) is 11.5 Å². The summed E-state index contributed by atoms with van der Waals surface area (Å²) in [4.78, 5) is 0. The van der Waals surface area contributed by atoms with Crippen LogP contribution in [0.1, 0.15) is 16.7 Å². The molecule has 19 heavy (non-hydrogen) atoms. The molecule has 0 aromatic heterocycles. The fourth-order valence-electron chi connectivity index (χ4n) is 2.28. The molecule has 0 amide bonds. The van der Waals surface area contributed by atoms with E-state index in [-0.39, 0.29) is 0 Å². The van der Waals surface area contributed by atoms with Crippen molar-refractivity contribution in [2.24, 2.45) is 0 Å². The molecule has 1 aliphatic heterocycles. The van der Waals surface area contributed by atoms with Gasteiger partial charge in [-0.15, -0.1) is 0 Å². The van der Waals surface area contributed by atoms with Crippen LogP contribution in [0.3, 0.4) is 0 Å². The van der Waals surface area contributed by atoms with Crippen molar-refractivity contribution in [1.82, 2.24) is 0 Å². The Hall–Kier alpha value is -1.74. The highest BCUT2D eigenvalue weighted by molar-refractivity contribution is 9.10. The minimum Gasteiger partial charge on any atom is -0.497 e. The van der Waals surface area contributed by atoms with E-state index >= 15 is 0 Å². The summed E-state index contributed by atoms with van der Waals surface area (Å²) < 4.78 is 12.1. The van der Waals surface area contributed by atoms with Crippen molar-refractivity contribution < 1.29 is 9.47 Å². The van der Waals surface area contributed by atoms with Crippen LogP contribution in [0.2, 0.25) is 0 Å². The minimum absolute atomic E-state index is 0.528. The van der Waals surface area contributed by atoms with E-state index in [2.05, 4.69) is 22.5 Å². The molecule has 0 radical (unpaired) electrons. The molecule has 0 fully saturated rings. The van der Waals surface area contributed by atoms with Gasteiger partial charge in [-0.05, 0) is 41.5 Å². The number of ether oxygens (including phenoxy) is 2. The van der Waals surface area contributed by atoms with E-state index in [1.54, 1.807) is 7.11 Å². The zero-order valence-corrected chi connectivity index (χ0v) is 12.2. The predicted molar refractivity (Wildman–Crippen MR) is 79.6 cm³/mol. The number of hydrogen-bond donors (Lipinski definition) is 0. The van der Waals surface area contributed by atoms with Crippen molar-refractivity contribution >= 4 is 21.5 Å². The number of benzene rings is 2. The highest BCUT2D eigenvalue weighted by Gasteiger charge is 2.18. The quantitative estimate of drug-likeness (QED) is 0.775. The normalized spacial score (nSPS) is 13.1. The fraction of sp³-hybridized carbons (Fsp3) is 0.125. The molecular formula is C16H13BrO2. The van der Waals surface area contributed by atoms with Gasteiger partial charge in [0.1, 0.15) is 18.1 Å². The summed E-state index contributed by atoms with van der Waals surface area (Å²) in [5.74, 6) is 1.70. The molecule has 0 saturated carbocycles. The van der Waals surface area contributed by atoms with Gasteiger partial charge in [0, 0.05) is 15.6 Å². The molecule has 0 saturated heterocycles. The Bertz CT molecular complexity index is 662. The molecule has 2 aromatic carbocycles. The van der Waals surface area contributed by atoms with E-state index in [9.17, 15) is 0 Å². The Kier molecular flexibility index (Phi) is 3.07. The lowest BCUT2D eigenvalue weighted by atomic mass is 9.96. The van der Waals surface area contributed by atoms with Crippen molar-refractivity contribution in [2.75, 3.05) is 7.11 Å². The zero-order valence-electron chi connectivity index (χ0n) is 10.6. The maximum absolute atomic E-state index is 5.86. The third kappa shape index (κ3) is 2.15. The molecule has 1 heterocycles. The van der Waals surface area contributed by atoms with E-state index in [1.165, 1.54) is 0 Å². The van der Waals surface area contributed by atoms with E-state index in [0.717, 1.165) is 38.2 Å². The fourth-order valence-corrected chi connectivity index (χ4v) is 2.64. The Morgan fingerprint density at radius 3 is 2.79 bits per heavy atom. The summed E-state index contributed by atoms with van der Waals surface area (Å²) in [6.45, 7) is 4.74. The molecule has 96 valence electrons. The zero-order chi connectivity index (χ0) is 13.4. The number of rotatable bonds is 1. The Morgan fingerprint density at radius 2 is 2.00 bits per heavy atom. The molecule has 3 heteroatoms. The monoisotopic (exact) mass is 316 g/mol. The highest BCUT2D eigenvalue weighted by atomic mass is 79.9. The van der Waals surface area contributed by atoms with Crippen LogP contribution in [0.25, 0.3) is 5.57 Å². The van der Waals surface area contributed by atoms with Gasteiger partial charge in [-0.2, -0.15) is 0 Å². The molecule has 0 N–H and O–H groups in total. The van der Waals surface area contributed by atoms with Crippen LogP contribution in [0.4, 0.5) is 0 Å². The van der Waals surface area contributed by atoms with Gasteiger partial charge in [-0.25, -0.2) is 0 Å². The largest absolute Gasteiger partial charge is 0.497 e. The van der Waals surface area contributed by atoms with Crippen LogP contribution in [0, 0.1) is 0 Å². The maximum Gasteiger partial charge on any atom is 0.127 e. The van der Waals surface area contributed by atoms with E-state index in [4.69, 9.17) is 9.47 Å².